The molecule has 1 amide bonds. The molecule has 24 heavy (non-hydrogen) atoms. The van der Waals surface area contributed by atoms with Gasteiger partial charge in [-0.25, -0.2) is 4.39 Å². The third kappa shape index (κ3) is 4.55. The molecule has 0 saturated carbocycles. The van der Waals surface area contributed by atoms with Crippen molar-refractivity contribution in [3.63, 3.8) is 0 Å². The number of nitrogens with one attached hydrogen (secondary N) is 1. The van der Waals surface area contributed by atoms with Crippen LogP contribution in [0.4, 0.5) is 18.9 Å². The Hall–Kier alpha value is -2.41. The zero-order valence-electron chi connectivity index (χ0n) is 12.5. The van der Waals surface area contributed by atoms with Crippen LogP contribution in [0.15, 0.2) is 36.4 Å². The van der Waals surface area contributed by atoms with Gasteiger partial charge >= 0.3 is 6.61 Å². The second-order valence-corrected chi connectivity index (χ2v) is 4.96. The average Bonchev–Trinajstić information content (AvgIpc) is 2.52. The minimum absolute atomic E-state index is 0.0163. The Morgan fingerprint density at radius 2 is 1.96 bits per heavy atom. The molecule has 0 saturated heterocycles. The third-order valence-corrected chi connectivity index (χ3v) is 3.19. The van der Waals surface area contributed by atoms with Crippen molar-refractivity contribution in [3.8, 4) is 11.5 Å². The number of amides is 1. The van der Waals surface area contributed by atoms with Gasteiger partial charge in [-0.1, -0.05) is 11.6 Å². The summed E-state index contributed by atoms with van der Waals surface area (Å²) in [4.78, 5) is 12.2. The Morgan fingerprint density at radius 1 is 1.21 bits per heavy atom. The van der Waals surface area contributed by atoms with E-state index < -0.39 is 18.3 Å². The minimum Gasteiger partial charge on any atom is -0.490 e. The topological polar surface area (TPSA) is 47.6 Å². The van der Waals surface area contributed by atoms with E-state index >= 15 is 0 Å². The maximum atomic E-state index is 13.1. The summed E-state index contributed by atoms with van der Waals surface area (Å²) in [5.41, 5.74) is 0.442. The molecule has 0 aliphatic carbocycles. The van der Waals surface area contributed by atoms with Gasteiger partial charge in [-0.2, -0.15) is 8.78 Å². The molecule has 0 aliphatic heterocycles. The molecule has 0 bridgehead atoms. The number of ether oxygens (including phenoxy) is 2. The first kappa shape index (κ1) is 17.9. The van der Waals surface area contributed by atoms with E-state index in [-0.39, 0.29) is 34.4 Å². The number of halogens is 4. The van der Waals surface area contributed by atoms with Crippen molar-refractivity contribution in [1.29, 1.82) is 0 Å². The van der Waals surface area contributed by atoms with E-state index in [4.69, 9.17) is 16.3 Å². The summed E-state index contributed by atoms with van der Waals surface area (Å²) in [5.74, 6) is -1.31. The van der Waals surface area contributed by atoms with Crippen LogP contribution in [-0.2, 0) is 0 Å². The molecule has 0 heterocycles. The highest BCUT2D eigenvalue weighted by Crippen LogP contribution is 2.30. The van der Waals surface area contributed by atoms with E-state index in [0.717, 1.165) is 6.07 Å². The van der Waals surface area contributed by atoms with E-state index in [1.165, 1.54) is 30.3 Å². The Morgan fingerprint density at radius 3 is 2.58 bits per heavy atom. The first-order valence-corrected chi connectivity index (χ1v) is 7.26. The summed E-state index contributed by atoms with van der Waals surface area (Å²) >= 11 is 5.65. The van der Waals surface area contributed by atoms with Crippen LogP contribution in [-0.4, -0.2) is 19.1 Å². The number of rotatable bonds is 6. The Balaban J connectivity index is 2.22. The van der Waals surface area contributed by atoms with Crippen molar-refractivity contribution >= 4 is 23.2 Å². The Kier molecular flexibility index (Phi) is 5.92. The fourth-order valence-corrected chi connectivity index (χ4v) is 2.07. The fourth-order valence-electron chi connectivity index (χ4n) is 1.89. The summed E-state index contributed by atoms with van der Waals surface area (Å²) in [6.45, 7) is -1.14. The SMILES string of the molecule is CCOc1cc(C(=O)Nc2ccc(F)c(Cl)c2)ccc1OC(F)F. The molecule has 8 heteroatoms. The highest BCUT2D eigenvalue weighted by atomic mass is 35.5. The largest absolute Gasteiger partial charge is 0.490 e. The summed E-state index contributed by atoms with van der Waals surface area (Å²) in [5, 5.41) is 2.39. The lowest BCUT2D eigenvalue weighted by Gasteiger charge is -2.13. The minimum atomic E-state index is -3.01. The first-order valence-electron chi connectivity index (χ1n) is 6.88. The van der Waals surface area contributed by atoms with Crippen molar-refractivity contribution in [3.05, 3.63) is 52.8 Å². The molecule has 2 aromatic rings. The second-order valence-electron chi connectivity index (χ2n) is 4.56. The third-order valence-electron chi connectivity index (χ3n) is 2.90. The summed E-state index contributed by atoms with van der Waals surface area (Å²) < 4.78 is 47.4. The lowest BCUT2D eigenvalue weighted by atomic mass is 10.2. The van der Waals surface area contributed by atoms with Crippen molar-refractivity contribution < 1.29 is 27.4 Å². The van der Waals surface area contributed by atoms with Gasteiger partial charge in [0.05, 0.1) is 11.6 Å². The zero-order chi connectivity index (χ0) is 17.7. The molecule has 0 atom stereocenters. The normalized spacial score (nSPS) is 10.6. The molecule has 4 nitrogen and oxygen atoms in total. The van der Waals surface area contributed by atoms with Crippen LogP contribution in [0.5, 0.6) is 11.5 Å². The molecule has 0 fully saturated rings. The van der Waals surface area contributed by atoms with Crippen molar-refractivity contribution in [2.24, 2.45) is 0 Å². The number of alkyl halides is 2. The molecular weight excluding hydrogens is 347 g/mol. The van der Waals surface area contributed by atoms with Crippen LogP contribution in [0.1, 0.15) is 17.3 Å². The lowest BCUT2D eigenvalue weighted by Crippen LogP contribution is -2.13. The van der Waals surface area contributed by atoms with Gasteiger partial charge in [0.15, 0.2) is 11.5 Å². The molecule has 0 spiro atoms. The van der Waals surface area contributed by atoms with Crippen LogP contribution in [0.2, 0.25) is 5.02 Å². The number of carbonyl (C=O) groups is 1. The predicted octanol–water partition coefficient (Wildman–Crippen LogP) is 4.73. The number of hydrogen-bond acceptors (Lipinski definition) is 3. The van der Waals surface area contributed by atoms with E-state index in [2.05, 4.69) is 10.1 Å². The quantitative estimate of drug-likeness (QED) is 0.811. The van der Waals surface area contributed by atoms with Gasteiger partial charge in [-0.05, 0) is 43.3 Å². The maximum Gasteiger partial charge on any atom is 0.387 e. The fraction of sp³-hybridized carbons (Fsp3) is 0.188. The van der Waals surface area contributed by atoms with Gasteiger partial charge in [0.25, 0.3) is 5.91 Å². The predicted molar refractivity (Wildman–Crippen MR) is 83.6 cm³/mol. The van der Waals surface area contributed by atoms with E-state index in [1.807, 2.05) is 0 Å². The van der Waals surface area contributed by atoms with Gasteiger partial charge in [0.1, 0.15) is 5.82 Å². The van der Waals surface area contributed by atoms with Crippen LogP contribution in [0.25, 0.3) is 0 Å². The van der Waals surface area contributed by atoms with Crippen LogP contribution in [0.3, 0.4) is 0 Å². The standard InChI is InChI=1S/C16H13ClF3NO3/c1-2-23-14-7-9(3-6-13(14)24-16(19)20)15(22)21-10-4-5-12(18)11(17)8-10/h3-8,16H,2H2,1H3,(H,21,22). The number of benzene rings is 2. The van der Waals surface area contributed by atoms with Crippen LogP contribution < -0.4 is 14.8 Å². The summed E-state index contributed by atoms with van der Waals surface area (Å²) in [6.07, 6.45) is 0. The highest BCUT2D eigenvalue weighted by molar-refractivity contribution is 6.31. The van der Waals surface area contributed by atoms with Crippen LogP contribution in [0, 0.1) is 5.82 Å². The van der Waals surface area contributed by atoms with Gasteiger partial charge in [-0.3, -0.25) is 4.79 Å². The van der Waals surface area contributed by atoms with Crippen molar-refractivity contribution in [1.82, 2.24) is 0 Å². The van der Waals surface area contributed by atoms with Gasteiger partial charge in [-0.15, -0.1) is 0 Å². The molecule has 2 aromatic carbocycles. The Bertz CT molecular complexity index is 741. The maximum absolute atomic E-state index is 13.1. The van der Waals surface area contributed by atoms with E-state index in [1.54, 1.807) is 6.92 Å². The molecule has 0 unspecified atom stereocenters. The molecule has 2 rings (SSSR count). The molecule has 0 aliphatic rings. The molecule has 0 aromatic heterocycles. The van der Waals surface area contributed by atoms with Gasteiger partial charge in [0.2, 0.25) is 0 Å². The highest BCUT2D eigenvalue weighted by Gasteiger charge is 2.15. The van der Waals surface area contributed by atoms with E-state index in [0.29, 0.717) is 0 Å². The van der Waals surface area contributed by atoms with Crippen molar-refractivity contribution in [2.75, 3.05) is 11.9 Å². The number of anilines is 1. The first-order chi connectivity index (χ1) is 11.4. The monoisotopic (exact) mass is 359 g/mol. The molecule has 0 radical (unpaired) electrons. The molecule has 1 N–H and O–H groups in total. The number of hydrogen-bond donors (Lipinski definition) is 1. The lowest BCUT2D eigenvalue weighted by molar-refractivity contribution is -0.0514. The van der Waals surface area contributed by atoms with Gasteiger partial charge < -0.3 is 14.8 Å². The summed E-state index contributed by atoms with van der Waals surface area (Å²) in [7, 11) is 0. The summed E-state index contributed by atoms with van der Waals surface area (Å²) in [6, 6.07) is 7.51. The van der Waals surface area contributed by atoms with Gasteiger partial charge in [0, 0.05) is 11.3 Å². The molecular formula is C16H13ClF3NO3. The van der Waals surface area contributed by atoms with Crippen LogP contribution >= 0.6 is 11.6 Å². The zero-order valence-corrected chi connectivity index (χ0v) is 13.2. The Labute approximate surface area is 141 Å². The second kappa shape index (κ2) is 7.92. The van der Waals surface area contributed by atoms with Crippen molar-refractivity contribution in [2.45, 2.75) is 13.5 Å². The smallest absolute Gasteiger partial charge is 0.387 e. The number of carbonyl (C=O) groups excluding carboxylic acids is 1. The average molecular weight is 360 g/mol. The van der Waals surface area contributed by atoms with E-state index in [9.17, 15) is 18.0 Å². The molecule has 128 valence electrons.